The second kappa shape index (κ2) is 14.7. The van der Waals surface area contributed by atoms with Crippen molar-refractivity contribution in [2.45, 2.75) is 76.5 Å². The van der Waals surface area contributed by atoms with Gasteiger partial charge < -0.3 is 31.5 Å². The smallest absolute Gasteiger partial charge is 0.326 e. The van der Waals surface area contributed by atoms with Crippen LogP contribution in [0.1, 0.15) is 52.4 Å². The first-order valence-electron chi connectivity index (χ1n) is 11.1. The number of carboxylic acids is 2. The summed E-state index contributed by atoms with van der Waals surface area (Å²) in [5, 5.41) is 29.1. The lowest BCUT2D eigenvalue weighted by atomic mass is 10.0. The number of carboxylic acid groups (broad SMARTS) is 2. The van der Waals surface area contributed by atoms with Crippen LogP contribution < -0.4 is 21.3 Å². The molecular weight excluding hydrogens is 452 g/mol. The molecule has 0 radical (unpaired) electrons. The van der Waals surface area contributed by atoms with E-state index in [0.29, 0.717) is 18.6 Å². The van der Waals surface area contributed by atoms with Crippen LogP contribution in [0.15, 0.2) is 0 Å². The Morgan fingerprint density at radius 1 is 0.970 bits per heavy atom. The third-order valence-electron chi connectivity index (χ3n) is 5.22. The molecule has 0 aromatic rings. The van der Waals surface area contributed by atoms with Gasteiger partial charge in [-0.3, -0.25) is 19.2 Å². The molecule has 188 valence electrons. The van der Waals surface area contributed by atoms with E-state index in [1.54, 1.807) is 0 Å². The Bertz CT molecular complexity index is 698. The minimum Gasteiger partial charge on any atom is -0.481 e. The van der Waals surface area contributed by atoms with E-state index in [9.17, 15) is 29.1 Å². The summed E-state index contributed by atoms with van der Waals surface area (Å²) in [7, 11) is 0. The summed E-state index contributed by atoms with van der Waals surface area (Å²) in [6.07, 6.45) is 3.28. The van der Waals surface area contributed by atoms with Crippen molar-refractivity contribution in [1.29, 1.82) is 0 Å². The molecule has 0 bridgehead atoms. The van der Waals surface area contributed by atoms with Gasteiger partial charge in [-0.2, -0.15) is 11.8 Å². The van der Waals surface area contributed by atoms with Gasteiger partial charge in [-0.1, -0.05) is 13.8 Å². The van der Waals surface area contributed by atoms with E-state index in [1.165, 1.54) is 11.8 Å². The van der Waals surface area contributed by atoms with Gasteiger partial charge in [0.15, 0.2) is 0 Å². The number of thioether (sulfide) groups is 1. The number of carbonyl (C=O) groups is 5. The minimum absolute atomic E-state index is 0.00575. The van der Waals surface area contributed by atoms with E-state index in [-0.39, 0.29) is 30.7 Å². The predicted molar refractivity (Wildman–Crippen MR) is 124 cm³/mol. The summed E-state index contributed by atoms with van der Waals surface area (Å²) in [4.78, 5) is 60.8. The Balaban J connectivity index is 2.92. The molecule has 1 heterocycles. The number of nitrogens with one attached hydrogen (secondary N) is 4. The highest BCUT2D eigenvalue weighted by molar-refractivity contribution is 7.98. The van der Waals surface area contributed by atoms with Gasteiger partial charge >= 0.3 is 11.9 Å². The van der Waals surface area contributed by atoms with Crippen LogP contribution in [0.4, 0.5) is 0 Å². The van der Waals surface area contributed by atoms with E-state index in [4.69, 9.17) is 5.11 Å². The van der Waals surface area contributed by atoms with Crippen LogP contribution in [0.5, 0.6) is 0 Å². The highest BCUT2D eigenvalue weighted by Crippen LogP contribution is 2.09. The Kier molecular flexibility index (Phi) is 12.8. The third-order valence-corrected chi connectivity index (χ3v) is 5.87. The number of hydrogen-bond acceptors (Lipinski definition) is 7. The molecule has 0 aliphatic carbocycles. The molecule has 1 aliphatic rings. The fourth-order valence-electron chi connectivity index (χ4n) is 3.46. The van der Waals surface area contributed by atoms with Crippen LogP contribution in [0.2, 0.25) is 0 Å². The SMILES string of the molecule is CSCCC(NC(=O)C1CCCN1)C(=O)NC(CCC(=O)O)C(=O)NC(CC(C)C)C(=O)O. The van der Waals surface area contributed by atoms with Crippen LogP contribution in [0.3, 0.4) is 0 Å². The molecular formula is C21H36N4O7S. The van der Waals surface area contributed by atoms with E-state index in [0.717, 1.165) is 13.0 Å². The third kappa shape index (κ3) is 10.9. The van der Waals surface area contributed by atoms with Gasteiger partial charge in [0.25, 0.3) is 0 Å². The molecule has 4 atom stereocenters. The Labute approximate surface area is 198 Å². The average Bonchev–Trinajstić information content (AvgIpc) is 3.27. The molecule has 0 spiro atoms. The molecule has 3 amide bonds. The van der Waals surface area contributed by atoms with Crippen molar-refractivity contribution in [2.24, 2.45) is 5.92 Å². The molecule has 0 aromatic heterocycles. The second-order valence-electron chi connectivity index (χ2n) is 8.51. The predicted octanol–water partition coefficient (Wildman–Crippen LogP) is -0.0586. The van der Waals surface area contributed by atoms with Crippen molar-refractivity contribution in [3.8, 4) is 0 Å². The molecule has 11 nitrogen and oxygen atoms in total. The average molecular weight is 489 g/mol. The van der Waals surface area contributed by atoms with Gasteiger partial charge in [-0.05, 0) is 56.6 Å². The zero-order valence-corrected chi connectivity index (χ0v) is 20.2. The van der Waals surface area contributed by atoms with E-state index in [1.807, 2.05) is 20.1 Å². The van der Waals surface area contributed by atoms with Crippen LogP contribution in [0, 0.1) is 5.92 Å². The highest BCUT2D eigenvalue weighted by atomic mass is 32.2. The first kappa shape index (κ1) is 28.7. The summed E-state index contributed by atoms with van der Waals surface area (Å²) in [5.74, 6) is -3.48. The van der Waals surface area contributed by atoms with E-state index in [2.05, 4.69) is 21.3 Å². The first-order valence-corrected chi connectivity index (χ1v) is 12.5. The summed E-state index contributed by atoms with van der Waals surface area (Å²) >= 11 is 1.49. The highest BCUT2D eigenvalue weighted by Gasteiger charge is 2.31. The molecule has 1 saturated heterocycles. The van der Waals surface area contributed by atoms with Gasteiger partial charge in [0.2, 0.25) is 17.7 Å². The maximum absolute atomic E-state index is 13.0. The molecule has 12 heteroatoms. The van der Waals surface area contributed by atoms with Gasteiger partial charge in [0.05, 0.1) is 6.04 Å². The van der Waals surface area contributed by atoms with Gasteiger partial charge in [-0.15, -0.1) is 0 Å². The van der Waals surface area contributed by atoms with E-state index >= 15 is 0 Å². The molecule has 0 saturated carbocycles. The van der Waals surface area contributed by atoms with Crippen molar-refractivity contribution < 1.29 is 34.2 Å². The lowest BCUT2D eigenvalue weighted by Gasteiger charge is -2.25. The lowest BCUT2D eigenvalue weighted by molar-refractivity contribution is -0.143. The second-order valence-corrected chi connectivity index (χ2v) is 9.50. The topological polar surface area (TPSA) is 174 Å². The molecule has 4 unspecified atom stereocenters. The normalized spacial score (nSPS) is 18.2. The standard InChI is InChI=1S/C21H36N4O7S/c1-12(2)11-16(21(31)32)25-19(29)14(6-7-17(26)27)23-20(30)15(8-10-33-3)24-18(28)13-5-4-9-22-13/h12-16,22H,4-11H2,1-3H3,(H,23,30)(H,24,28)(H,25,29)(H,26,27)(H,31,32). The monoisotopic (exact) mass is 488 g/mol. The zero-order valence-electron chi connectivity index (χ0n) is 19.4. The minimum atomic E-state index is -1.25. The Morgan fingerprint density at radius 3 is 2.06 bits per heavy atom. The van der Waals surface area contributed by atoms with Crippen LogP contribution in [-0.4, -0.2) is 82.6 Å². The van der Waals surface area contributed by atoms with E-state index < -0.39 is 48.3 Å². The molecule has 1 aliphatic heterocycles. The first-order chi connectivity index (χ1) is 15.5. The van der Waals surface area contributed by atoms with Gasteiger partial charge in [0, 0.05) is 6.42 Å². The number of carbonyl (C=O) groups excluding carboxylic acids is 3. The fourth-order valence-corrected chi connectivity index (χ4v) is 3.93. The maximum atomic E-state index is 13.0. The fraction of sp³-hybridized carbons (Fsp3) is 0.762. The summed E-state index contributed by atoms with van der Waals surface area (Å²) < 4.78 is 0. The molecule has 33 heavy (non-hydrogen) atoms. The molecule has 1 rings (SSSR count). The van der Waals surface area contributed by atoms with Crippen LogP contribution in [0.25, 0.3) is 0 Å². The number of rotatable bonds is 15. The largest absolute Gasteiger partial charge is 0.481 e. The summed E-state index contributed by atoms with van der Waals surface area (Å²) in [5.41, 5.74) is 0. The van der Waals surface area contributed by atoms with Gasteiger partial charge in [-0.25, -0.2) is 4.79 Å². The number of hydrogen-bond donors (Lipinski definition) is 6. The summed E-state index contributed by atoms with van der Waals surface area (Å²) in [6, 6.07) is -3.70. The Morgan fingerprint density at radius 2 is 1.58 bits per heavy atom. The number of aliphatic carboxylic acids is 2. The van der Waals surface area contributed by atoms with Gasteiger partial charge in [0.1, 0.15) is 18.1 Å². The Hall–Kier alpha value is -2.34. The van der Waals surface area contributed by atoms with Crippen molar-refractivity contribution in [3.05, 3.63) is 0 Å². The van der Waals surface area contributed by atoms with Crippen molar-refractivity contribution in [1.82, 2.24) is 21.3 Å². The molecule has 1 fully saturated rings. The molecule has 0 aromatic carbocycles. The quantitative estimate of drug-likeness (QED) is 0.184. The zero-order chi connectivity index (χ0) is 25.0. The van der Waals surface area contributed by atoms with Crippen molar-refractivity contribution in [2.75, 3.05) is 18.6 Å². The maximum Gasteiger partial charge on any atom is 0.326 e. The lowest BCUT2D eigenvalue weighted by Crippen LogP contribution is -2.57. The number of amides is 3. The summed E-state index contributed by atoms with van der Waals surface area (Å²) in [6.45, 7) is 4.34. The van der Waals surface area contributed by atoms with Crippen LogP contribution in [-0.2, 0) is 24.0 Å². The van der Waals surface area contributed by atoms with Crippen LogP contribution >= 0.6 is 11.8 Å². The molecule has 6 N–H and O–H groups in total. The van der Waals surface area contributed by atoms with Crippen molar-refractivity contribution in [3.63, 3.8) is 0 Å². The van der Waals surface area contributed by atoms with Crippen molar-refractivity contribution >= 4 is 41.4 Å².